The van der Waals surface area contributed by atoms with Gasteiger partial charge in [-0.2, -0.15) is 4.31 Å². The molecule has 0 aromatic heterocycles. The predicted octanol–water partition coefficient (Wildman–Crippen LogP) is 2.29. The number of hydrogen-bond donors (Lipinski definition) is 0. The van der Waals surface area contributed by atoms with E-state index in [2.05, 4.69) is 11.8 Å². The summed E-state index contributed by atoms with van der Waals surface area (Å²) in [5.41, 5.74) is 0.312. The quantitative estimate of drug-likeness (QED) is 0.586. The number of esters is 2. The molecule has 0 radical (unpaired) electrons. The van der Waals surface area contributed by atoms with E-state index in [1.54, 1.807) is 6.92 Å². The van der Waals surface area contributed by atoms with Crippen molar-refractivity contribution in [3.8, 4) is 0 Å². The van der Waals surface area contributed by atoms with Crippen molar-refractivity contribution < 1.29 is 27.5 Å². The molecule has 31 heavy (non-hydrogen) atoms. The highest BCUT2D eigenvalue weighted by Gasteiger charge is 2.34. The smallest absolute Gasteiger partial charge is 0.338 e. The minimum atomic E-state index is -3.68. The van der Waals surface area contributed by atoms with Gasteiger partial charge in [-0.1, -0.05) is 6.92 Å². The van der Waals surface area contributed by atoms with Gasteiger partial charge < -0.3 is 9.47 Å². The van der Waals surface area contributed by atoms with Crippen LogP contribution < -0.4 is 0 Å². The summed E-state index contributed by atoms with van der Waals surface area (Å²) in [6.45, 7) is 7.38. The summed E-state index contributed by atoms with van der Waals surface area (Å²) < 4.78 is 37.9. The van der Waals surface area contributed by atoms with Crippen LogP contribution in [0.15, 0.2) is 29.2 Å². The molecule has 2 aliphatic heterocycles. The van der Waals surface area contributed by atoms with Crippen LogP contribution in [0.1, 0.15) is 49.9 Å². The van der Waals surface area contributed by atoms with E-state index in [-0.39, 0.29) is 42.6 Å². The summed E-state index contributed by atoms with van der Waals surface area (Å²) in [5.74, 6) is -0.959. The summed E-state index contributed by atoms with van der Waals surface area (Å²) in [5, 5.41) is 0. The largest absolute Gasteiger partial charge is 0.462 e. The molecule has 2 aliphatic rings. The SMILES string of the molecule is CCOC(=O)c1ccc(S(=O)(=O)N2CCC(C(=O)OC3CCCN(CC)C3)CC2)cc1. The lowest BCUT2D eigenvalue weighted by molar-refractivity contribution is -0.158. The number of benzene rings is 1. The maximum atomic E-state index is 12.9. The Morgan fingerprint density at radius 3 is 2.32 bits per heavy atom. The Labute approximate surface area is 184 Å². The van der Waals surface area contributed by atoms with E-state index in [1.807, 2.05) is 0 Å². The molecule has 9 heteroatoms. The normalized spacial score (nSPS) is 21.5. The molecule has 1 aromatic rings. The molecule has 2 heterocycles. The molecule has 0 spiro atoms. The van der Waals surface area contributed by atoms with Gasteiger partial charge in [-0.05, 0) is 70.0 Å². The molecule has 0 bridgehead atoms. The second-order valence-corrected chi connectivity index (χ2v) is 9.96. The third kappa shape index (κ3) is 5.84. The van der Waals surface area contributed by atoms with Crippen LogP contribution in [0, 0.1) is 5.92 Å². The van der Waals surface area contributed by atoms with E-state index in [0.29, 0.717) is 18.4 Å². The van der Waals surface area contributed by atoms with Crippen molar-refractivity contribution in [3.63, 3.8) is 0 Å². The van der Waals surface area contributed by atoms with Gasteiger partial charge in [0.05, 0.1) is 23.0 Å². The van der Waals surface area contributed by atoms with Crippen molar-refractivity contribution in [3.05, 3.63) is 29.8 Å². The van der Waals surface area contributed by atoms with Gasteiger partial charge in [0.2, 0.25) is 10.0 Å². The lowest BCUT2D eigenvalue weighted by Gasteiger charge is -2.34. The molecule has 172 valence electrons. The van der Waals surface area contributed by atoms with Gasteiger partial charge in [-0.25, -0.2) is 13.2 Å². The van der Waals surface area contributed by atoms with Crippen LogP contribution in [-0.2, 0) is 24.3 Å². The van der Waals surface area contributed by atoms with Crippen LogP contribution in [0.3, 0.4) is 0 Å². The molecular formula is C22H32N2O6S. The number of likely N-dealkylation sites (N-methyl/N-ethyl adjacent to an activating group) is 1. The van der Waals surface area contributed by atoms with E-state index >= 15 is 0 Å². The first kappa shape index (κ1) is 23.7. The van der Waals surface area contributed by atoms with Crippen molar-refractivity contribution in [2.75, 3.05) is 39.3 Å². The molecule has 1 atom stereocenters. The van der Waals surface area contributed by atoms with Crippen LogP contribution in [0.2, 0.25) is 0 Å². The zero-order valence-electron chi connectivity index (χ0n) is 18.3. The molecule has 2 saturated heterocycles. The highest BCUT2D eigenvalue weighted by atomic mass is 32.2. The zero-order chi connectivity index (χ0) is 22.4. The monoisotopic (exact) mass is 452 g/mol. The minimum absolute atomic E-state index is 0.0686. The van der Waals surface area contributed by atoms with E-state index in [1.165, 1.54) is 28.6 Å². The molecule has 0 saturated carbocycles. The number of nitrogens with zero attached hydrogens (tertiary/aromatic N) is 2. The third-order valence-electron chi connectivity index (χ3n) is 5.98. The number of piperidine rings is 2. The molecule has 0 aliphatic carbocycles. The molecule has 8 nitrogen and oxygen atoms in total. The Hall–Kier alpha value is -1.97. The van der Waals surface area contributed by atoms with Crippen molar-refractivity contribution in [1.29, 1.82) is 0 Å². The summed E-state index contributed by atoms with van der Waals surface area (Å²) in [6, 6.07) is 5.76. The Morgan fingerprint density at radius 2 is 1.71 bits per heavy atom. The van der Waals surface area contributed by atoms with E-state index < -0.39 is 16.0 Å². The number of hydrogen-bond acceptors (Lipinski definition) is 7. The van der Waals surface area contributed by atoms with Gasteiger partial charge in [-0.3, -0.25) is 9.69 Å². The maximum absolute atomic E-state index is 12.9. The van der Waals surface area contributed by atoms with Gasteiger partial charge in [0.1, 0.15) is 6.10 Å². The molecule has 2 fully saturated rings. The second kappa shape index (κ2) is 10.6. The first-order valence-corrected chi connectivity index (χ1v) is 12.5. The van der Waals surface area contributed by atoms with Crippen LogP contribution >= 0.6 is 0 Å². The molecule has 0 N–H and O–H groups in total. The molecule has 1 aromatic carbocycles. The van der Waals surface area contributed by atoms with E-state index in [9.17, 15) is 18.0 Å². The van der Waals surface area contributed by atoms with Gasteiger partial charge in [0, 0.05) is 19.6 Å². The lowest BCUT2D eigenvalue weighted by atomic mass is 9.98. The number of sulfonamides is 1. The van der Waals surface area contributed by atoms with Gasteiger partial charge in [0.25, 0.3) is 0 Å². The number of likely N-dealkylation sites (tertiary alicyclic amines) is 1. The van der Waals surface area contributed by atoms with Crippen molar-refractivity contribution >= 4 is 22.0 Å². The number of carbonyl (C=O) groups is 2. The molecule has 0 amide bonds. The number of carbonyl (C=O) groups excluding carboxylic acids is 2. The second-order valence-electron chi connectivity index (χ2n) is 8.02. The van der Waals surface area contributed by atoms with Crippen LogP contribution in [0.4, 0.5) is 0 Å². The number of ether oxygens (including phenoxy) is 2. The minimum Gasteiger partial charge on any atom is -0.462 e. The first-order valence-electron chi connectivity index (χ1n) is 11.0. The summed E-state index contributed by atoms with van der Waals surface area (Å²) in [7, 11) is -3.68. The van der Waals surface area contributed by atoms with Crippen LogP contribution in [-0.4, -0.2) is 75.0 Å². The van der Waals surface area contributed by atoms with Gasteiger partial charge in [-0.15, -0.1) is 0 Å². The maximum Gasteiger partial charge on any atom is 0.338 e. The average Bonchev–Trinajstić information content (AvgIpc) is 2.79. The Morgan fingerprint density at radius 1 is 1.03 bits per heavy atom. The van der Waals surface area contributed by atoms with Crippen molar-refractivity contribution in [2.45, 2.75) is 50.5 Å². The zero-order valence-corrected chi connectivity index (χ0v) is 19.1. The van der Waals surface area contributed by atoms with E-state index in [4.69, 9.17) is 9.47 Å². The van der Waals surface area contributed by atoms with Crippen molar-refractivity contribution in [2.24, 2.45) is 5.92 Å². The highest BCUT2D eigenvalue weighted by molar-refractivity contribution is 7.89. The summed E-state index contributed by atoms with van der Waals surface area (Å²) >= 11 is 0. The summed E-state index contributed by atoms with van der Waals surface area (Å²) in [4.78, 5) is 26.8. The highest BCUT2D eigenvalue weighted by Crippen LogP contribution is 2.26. The fourth-order valence-electron chi connectivity index (χ4n) is 4.12. The van der Waals surface area contributed by atoms with Gasteiger partial charge >= 0.3 is 11.9 Å². The third-order valence-corrected chi connectivity index (χ3v) is 7.90. The van der Waals surface area contributed by atoms with Crippen LogP contribution in [0.5, 0.6) is 0 Å². The van der Waals surface area contributed by atoms with Crippen molar-refractivity contribution in [1.82, 2.24) is 9.21 Å². The Bertz CT molecular complexity index is 862. The molecule has 3 rings (SSSR count). The number of rotatable bonds is 7. The predicted molar refractivity (Wildman–Crippen MR) is 115 cm³/mol. The fraction of sp³-hybridized carbons (Fsp3) is 0.636. The van der Waals surface area contributed by atoms with E-state index in [0.717, 1.165) is 32.5 Å². The average molecular weight is 453 g/mol. The van der Waals surface area contributed by atoms with Crippen LogP contribution in [0.25, 0.3) is 0 Å². The summed E-state index contributed by atoms with van der Waals surface area (Å²) in [6.07, 6.45) is 2.74. The Balaban J connectivity index is 1.54. The molecular weight excluding hydrogens is 420 g/mol. The van der Waals surface area contributed by atoms with Gasteiger partial charge in [0.15, 0.2) is 0 Å². The topological polar surface area (TPSA) is 93.2 Å². The first-order chi connectivity index (χ1) is 14.8. The fourth-order valence-corrected chi connectivity index (χ4v) is 5.59. The standard InChI is InChI=1S/C22H32N2O6S/c1-3-23-13-5-6-19(16-23)30-22(26)18-11-14-24(15-12-18)31(27,28)20-9-7-17(8-10-20)21(25)29-4-2/h7-10,18-19H,3-6,11-16H2,1-2H3. The Kier molecular flexibility index (Phi) is 8.07. The molecule has 1 unspecified atom stereocenters. The lowest BCUT2D eigenvalue weighted by Crippen LogP contribution is -2.43.